The second-order valence-corrected chi connectivity index (χ2v) is 11.7. The summed E-state index contributed by atoms with van der Waals surface area (Å²) in [5.41, 5.74) is 1.78. The van der Waals surface area contributed by atoms with Crippen molar-refractivity contribution in [3.8, 4) is 11.5 Å². The van der Waals surface area contributed by atoms with Gasteiger partial charge in [0.2, 0.25) is 10.0 Å². The van der Waals surface area contributed by atoms with E-state index in [-0.39, 0.29) is 10.8 Å². The molecule has 1 N–H and O–H groups in total. The van der Waals surface area contributed by atoms with Crippen LogP contribution in [0.1, 0.15) is 30.6 Å². The summed E-state index contributed by atoms with van der Waals surface area (Å²) in [6.45, 7) is 5.19. The smallest absolute Gasteiger partial charge is 0.257 e. The average Bonchev–Trinajstić information content (AvgIpc) is 3.45. The highest BCUT2D eigenvalue weighted by Gasteiger charge is 2.31. The number of benzene rings is 2. The van der Waals surface area contributed by atoms with Gasteiger partial charge in [0, 0.05) is 29.4 Å². The molecule has 5 rings (SSSR count). The van der Waals surface area contributed by atoms with E-state index in [1.165, 1.54) is 35.6 Å². The van der Waals surface area contributed by atoms with Gasteiger partial charge in [-0.05, 0) is 54.7 Å². The third kappa shape index (κ3) is 4.51. The number of hydrogen-bond acceptors (Lipinski definition) is 6. The first kappa shape index (κ1) is 22.8. The van der Waals surface area contributed by atoms with Crippen LogP contribution >= 0.6 is 11.3 Å². The topological polar surface area (TPSA) is 92.5 Å². The van der Waals surface area contributed by atoms with Crippen LogP contribution in [0.15, 0.2) is 69.3 Å². The van der Waals surface area contributed by atoms with Crippen LogP contribution in [0.25, 0.3) is 22.4 Å². The van der Waals surface area contributed by atoms with E-state index in [0.29, 0.717) is 47.1 Å². The molecule has 2 aromatic carbocycles. The number of carbonyl (C=O) groups is 1. The minimum atomic E-state index is -3.59. The van der Waals surface area contributed by atoms with Gasteiger partial charge in [-0.3, -0.25) is 10.1 Å². The molecule has 3 heterocycles. The summed E-state index contributed by atoms with van der Waals surface area (Å²) in [4.78, 5) is 17.4. The van der Waals surface area contributed by atoms with E-state index in [4.69, 9.17) is 4.42 Å². The Morgan fingerprint density at radius 3 is 2.50 bits per heavy atom. The number of carbonyl (C=O) groups excluding carboxylic acids is 1. The van der Waals surface area contributed by atoms with Gasteiger partial charge in [0.1, 0.15) is 11.3 Å². The summed E-state index contributed by atoms with van der Waals surface area (Å²) in [6.07, 6.45) is 1.03. The van der Waals surface area contributed by atoms with Gasteiger partial charge in [0.25, 0.3) is 5.91 Å². The highest BCUT2D eigenvalue weighted by atomic mass is 32.2. The predicted octanol–water partition coefficient (Wildman–Crippen LogP) is 5.48. The zero-order chi connectivity index (χ0) is 23.9. The Labute approximate surface area is 202 Å². The van der Waals surface area contributed by atoms with Crippen molar-refractivity contribution < 1.29 is 17.6 Å². The number of rotatable bonds is 5. The molecule has 0 aliphatic carbocycles. The van der Waals surface area contributed by atoms with Gasteiger partial charge in [-0.25, -0.2) is 13.4 Å². The van der Waals surface area contributed by atoms with E-state index in [1.807, 2.05) is 35.7 Å². The highest BCUT2D eigenvalue weighted by Crippen LogP contribution is 2.31. The number of piperidine rings is 1. The molecule has 9 heteroatoms. The van der Waals surface area contributed by atoms with Crippen molar-refractivity contribution in [3.63, 3.8) is 0 Å². The fourth-order valence-electron chi connectivity index (χ4n) is 4.45. The van der Waals surface area contributed by atoms with Gasteiger partial charge in [0.15, 0.2) is 10.9 Å². The summed E-state index contributed by atoms with van der Waals surface area (Å²) in [5, 5.41) is 6.03. The van der Waals surface area contributed by atoms with Gasteiger partial charge < -0.3 is 4.42 Å². The number of amides is 1. The number of aromatic nitrogens is 1. The Hall–Kier alpha value is -3.01. The summed E-state index contributed by atoms with van der Waals surface area (Å²) in [7, 11) is -3.59. The molecule has 1 amide bonds. The molecule has 0 radical (unpaired) electrons. The summed E-state index contributed by atoms with van der Waals surface area (Å²) >= 11 is 1.30. The fraction of sp³-hybridized carbons (Fsp3) is 0.280. The molecule has 1 fully saturated rings. The van der Waals surface area contributed by atoms with Gasteiger partial charge >= 0.3 is 0 Å². The van der Waals surface area contributed by atoms with Crippen LogP contribution in [0, 0.1) is 11.8 Å². The molecule has 2 atom stereocenters. The van der Waals surface area contributed by atoms with Crippen molar-refractivity contribution in [1.82, 2.24) is 9.29 Å². The number of para-hydroxylation sites is 1. The fourth-order valence-corrected chi connectivity index (χ4v) is 6.83. The third-order valence-corrected chi connectivity index (χ3v) is 8.60. The molecule has 7 nitrogen and oxygen atoms in total. The van der Waals surface area contributed by atoms with Gasteiger partial charge in [-0.2, -0.15) is 4.31 Å². The van der Waals surface area contributed by atoms with Crippen molar-refractivity contribution >= 4 is 43.4 Å². The van der Waals surface area contributed by atoms with Crippen LogP contribution in [0.3, 0.4) is 0 Å². The molecular weight excluding hydrogens is 470 g/mol. The Morgan fingerprint density at radius 2 is 1.79 bits per heavy atom. The normalized spacial score (nSPS) is 19.4. The van der Waals surface area contributed by atoms with E-state index >= 15 is 0 Å². The van der Waals surface area contributed by atoms with Crippen LogP contribution in [0.4, 0.5) is 5.13 Å². The number of hydrogen-bond donors (Lipinski definition) is 1. The lowest BCUT2D eigenvalue weighted by molar-refractivity contribution is 0.102. The van der Waals surface area contributed by atoms with Crippen molar-refractivity contribution in [3.05, 3.63) is 65.5 Å². The second-order valence-electron chi connectivity index (χ2n) is 8.93. The molecule has 1 aliphatic rings. The first-order chi connectivity index (χ1) is 16.3. The Bertz CT molecular complexity index is 1400. The standard InChI is InChI=1S/C25H25N3O4S2/c1-16-11-17(2)14-28(13-16)34(30,31)20-9-7-18(8-10-20)24(29)27-25-26-21(15-33-25)23-12-19-5-3-4-6-22(19)32-23/h3-10,12,15-17H,11,13-14H2,1-2H3,(H,26,27,29). The molecule has 2 unspecified atom stereocenters. The maximum atomic E-state index is 13.1. The largest absolute Gasteiger partial charge is 0.454 e. The van der Waals surface area contributed by atoms with Crippen molar-refractivity contribution in [2.75, 3.05) is 18.4 Å². The first-order valence-electron chi connectivity index (χ1n) is 11.2. The Morgan fingerprint density at radius 1 is 1.09 bits per heavy atom. The zero-order valence-corrected chi connectivity index (χ0v) is 20.5. The van der Waals surface area contributed by atoms with Crippen LogP contribution in [0.5, 0.6) is 0 Å². The Balaban J connectivity index is 1.28. The van der Waals surface area contributed by atoms with E-state index in [9.17, 15) is 13.2 Å². The Kier molecular flexibility index (Phi) is 6.01. The molecule has 0 bridgehead atoms. The molecule has 176 valence electrons. The van der Waals surface area contributed by atoms with E-state index in [0.717, 1.165) is 17.4 Å². The number of thiazole rings is 1. The summed E-state index contributed by atoms with van der Waals surface area (Å²) in [6, 6.07) is 15.7. The van der Waals surface area contributed by atoms with Gasteiger partial charge in [-0.1, -0.05) is 32.0 Å². The number of sulfonamides is 1. The molecule has 4 aromatic rings. The van der Waals surface area contributed by atoms with E-state index < -0.39 is 10.0 Å². The number of fused-ring (bicyclic) bond motifs is 1. The number of nitrogens with zero attached hydrogens (tertiary/aromatic N) is 2. The summed E-state index contributed by atoms with van der Waals surface area (Å²) in [5.74, 6) is 0.932. The average molecular weight is 496 g/mol. The predicted molar refractivity (Wildman–Crippen MR) is 133 cm³/mol. The van der Waals surface area contributed by atoms with Gasteiger partial charge in [0.05, 0.1) is 4.90 Å². The minimum absolute atomic E-state index is 0.201. The minimum Gasteiger partial charge on any atom is -0.454 e. The molecular formula is C25H25N3O4S2. The number of nitrogens with one attached hydrogen (secondary N) is 1. The van der Waals surface area contributed by atoms with E-state index in [1.54, 1.807) is 4.31 Å². The monoisotopic (exact) mass is 495 g/mol. The van der Waals surface area contributed by atoms with Crippen LogP contribution in [-0.2, 0) is 10.0 Å². The maximum absolute atomic E-state index is 13.1. The quantitative estimate of drug-likeness (QED) is 0.396. The molecule has 2 aromatic heterocycles. The zero-order valence-electron chi connectivity index (χ0n) is 18.9. The molecule has 34 heavy (non-hydrogen) atoms. The molecule has 0 spiro atoms. The molecule has 1 saturated heterocycles. The summed E-state index contributed by atoms with van der Waals surface area (Å²) < 4.78 is 33.5. The maximum Gasteiger partial charge on any atom is 0.257 e. The SMILES string of the molecule is CC1CC(C)CN(S(=O)(=O)c2ccc(C(=O)Nc3nc(-c4cc5ccccc5o4)cs3)cc2)C1. The van der Waals surface area contributed by atoms with Crippen LogP contribution in [-0.4, -0.2) is 36.7 Å². The second kappa shape index (κ2) is 8.98. The lowest BCUT2D eigenvalue weighted by Crippen LogP contribution is -2.42. The van der Waals surface area contributed by atoms with Gasteiger partial charge in [-0.15, -0.1) is 11.3 Å². The van der Waals surface area contributed by atoms with Crippen molar-refractivity contribution in [2.45, 2.75) is 25.2 Å². The molecule has 1 aliphatic heterocycles. The lowest BCUT2D eigenvalue weighted by Gasteiger charge is -2.34. The van der Waals surface area contributed by atoms with Crippen LogP contribution < -0.4 is 5.32 Å². The number of anilines is 1. The lowest BCUT2D eigenvalue weighted by atomic mass is 9.94. The number of furan rings is 1. The van der Waals surface area contributed by atoms with Crippen LogP contribution in [0.2, 0.25) is 0 Å². The van der Waals surface area contributed by atoms with Crippen molar-refractivity contribution in [2.24, 2.45) is 11.8 Å². The van der Waals surface area contributed by atoms with E-state index in [2.05, 4.69) is 24.1 Å². The van der Waals surface area contributed by atoms with Crippen molar-refractivity contribution in [1.29, 1.82) is 0 Å². The first-order valence-corrected chi connectivity index (χ1v) is 13.5. The molecule has 0 saturated carbocycles. The highest BCUT2D eigenvalue weighted by molar-refractivity contribution is 7.89. The third-order valence-electron chi connectivity index (χ3n) is 5.99.